The monoisotopic (exact) mass is 284 g/mol. The van der Waals surface area contributed by atoms with Gasteiger partial charge >= 0.3 is 0 Å². The molecule has 0 saturated carbocycles. The van der Waals surface area contributed by atoms with Crippen molar-refractivity contribution in [2.45, 2.75) is 20.4 Å². The predicted molar refractivity (Wildman–Crippen MR) is 73.8 cm³/mol. The first-order valence-electron chi connectivity index (χ1n) is 6.29. The Balaban J connectivity index is 2.11. The van der Waals surface area contributed by atoms with Gasteiger partial charge in [-0.25, -0.2) is 4.39 Å². The average Bonchev–Trinajstić information content (AvgIpc) is 2.48. The van der Waals surface area contributed by atoms with Gasteiger partial charge in [-0.1, -0.05) is 6.07 Å². The molecule has 0 spiro atoms. The summed E-state index contributed by atoms with van der Waals surface area (Å²) in [4.78, 5) is 12.1. The zero-order valence-electron chi connectivity index (χ0n) is 11.6. The van der Waals surface area contributed by atoms with Crippen molar-refractivity contribution >= 4 is 5.91 Å². The van der Waals surface area contributed by atoms with Gasteiger partial charge in [0, 0.05) is 12.1 Å². The predicted octanol–water partition coefficient (Wildman–Crippen LogP) is 2.03. The molecule has 1 aromatic carbocycles. The Labute approximate surface area is 121 Å². The van der Waals surface area contributed by atoms with E-state index < -0.39 is 5.82 Å². The number of carbonyl (C=O) groups is 1. The number of amides is 1. The van der Waals surface area contributed by atoms with Gasteiger partial charge in [-0.05, 0) is 32.0 Å². The third-order valence-electron chi connectivity index (χ3n) is 2.97. The minimum absolute atomic E-state index is 0.0389. The van der Waals surface area contributed by atoms with E-state index in [2.05, 4.69) is 15.5 Å². The van der Waals surface area contributed by atoms with Crippen LogP contribution in [0.2, 0.25) is 0 Å². The third kappa shape index (κ3) is 3.39. The van der Waals surface area contributed by atoms with Gasteiger partial charge in [-0.3, -0.25) is 4.79 Å². The Morgan fingerprint density at radius 1 is 1.33 bits per heavy atom. The lowest BCUT2D eigenvalue weighted by Crippen LogP contribution is -2.24. The Hall–Kier alpha value is -2.81. The minimum Gasteiger partial charge on any atom is -0.348 e. The maximum atomic E-state index is 13.7. The van der Waals surface area contributed by atoms with Crippen LogP contribution in [0.3, 0.4) is 0 Å². The number of aryl methyl sites for hydroxylation is 2. The average molecular weight is 284 g/mol. The van der Waals surface area contributed by atoms with Crippen molar-refractivity contribution in [2.75, 3.05) is 0 Å². The van der Waals surface area contributed by atoms with Gasteiger partial charge in [-0.15, -0.1) is 0 Å². The summed E-state index contributed by atoms with van der Waals surface area (Å²) < 4.78 is 13.7. The number of rotatable bonds is 3. The highest BCUT2D eigenvalue weighted by Gasteiger charge is 2.12. The van der Waals surface area contributed by atoms with Crippen LogP contribution < -0.4 is 5.32 Å². The molecule has 0 unspecified atom stereocenters. The van der Waals surface area contributed by atoms with E-state index in [1.807, 2.05) is 6.07 Å². The number of nitrogens with zero attached hydrogens (tertiary/aromatic N) is 3. The van der Waals surface area contributed by atoms with Crippen molar-refractivity contribution in [3.8, 4) is 6.07 Å². The highest BCUT2D eigenvalue weighted by atomic mass is 19.1. The second-order valence-corrected chi connectivity index (χ2v) is 4.59. The summed E-state index contributed by atoms with van der Waals surface area (Å²) in [7, 11) is 0. The SMILES string of the molecule is Cc1cc(C(=O)NCc2ccc(C#N)cc2F)c(C)nn1. The largest absolute Gasteiger partial charge is 0.348 e. The number of hydrogen-bond acceptors (Lipinski definition) is 4. The van der Waals surface area contributed by atoms with Crippen LogP contribution >= 0.6 is 0 Å². The number of nitriles is 1. The van der Waals surface area contributed by atoms with Gasteiger partial charge < -0.3 is 5.32 Å². The standard InChI is InChI=1S/C15H13FN4O/c1-9-5-13(10(2)20-19-9)15(21)18-8-12-4-3-11(7-17)6-14(12)16/h3-6H,8H2,1-2H3,(H,18,21). The van der Waals surface area contributed by atoms with Crippen molar-refractivity contribution in [2.24, 2.45) is 0 Å². The first-order valence-corrected chi connectivity index (χ1v) is 6.29. The molecule has 1 heterocycles. The van der Waals surface area contributed by atoms with Gasteiger partial charge in [0.15, 0.2) is 0 Å². The summed E-state index contributed by atoms with van der Waals surface area (Å²) in [6.07, 6.45) is 0. The van der Waals surface area contributed by atoms with Gasteiger partial charge in [-0.2, -0.15) is 15.5 Å². The summed E-state index contributed by atoms with van der Waals surface area (Å²) >= 11 is 0. The Morgan fingerprint density at radius 3 is 2.76 bits per heavy atom. The normalized spacial score (nSPS) is 10.0. The Morgan fingerprint density at radius 2 is 2.10 bits per heavy atom. The molecule has 5 nitrogen and oxygen atoms in total. The lowest BCUT2D eigenvalue weighted by atomic mass is 10.1. The third-order valence-corrected chi connectivity index (χ3v) is 2.97. The fraction of sp³-hybridized carbons (Fsp3) is 0.200. The molecule has 0 aliphatic carbocycles. The highest BCUT2D eigenvalue weighted by molar-refractivity contribution is 5.95. The molecule has 0 atom stereocenters. The first kappa shape index (κ1) is 14.6. The number of carbonyl (C=O) groups excluding carboxylic acids is 1. The molecule has 1 N–H and O–H groups in total. The molecule has 21 heavy (non-hydrogen) atoms. The van der Waals surface area contributed by atoms with E-state index in [4.69, 9.17) is 5.26 Å². The quantitative estimate of drug-likeness (QED) is 0.935. The molecule has 2 aromatic rings. The fourth-order valence-electron chi connectivity index (χ4n) is 1.81. The van der Waals surface area contributed by atoms with Crippen molar-refractivity contribution in [1.82, 2.24) is 15.5 Å². The molecule has 1 amide bonds. The molecule has 0 radical (unpaired) electrons. The van der Waals surface area contributed by atoms with E-state index in [1.54, 1.807) is 19.9 Å². The molecule has 1 aromatic heterocycles. The first-order chi connectivity index (χ1) is 10.0. The zero-order chi connectivity index (χ0) is 15.4. The van der Waals surface area contributed by atoms with E-state index in [0.717, 1.165) is 6.07 Å². The highest BCUT2D eigenvalue weighted by Crippen LogP contribution is 2.11. The molecule has 0 aliphatic rings. The number of nitrogens with one attached hydrogen (secondary N) is 1. The van der Waals surface area contributed by atoms with Crippen LogP contribution in [-0.2, 0) is 6.54 Å². The molecule has 2 rings (SSSR count). The summed E-state index contributed by atoms with van der Waals surface area (Å²) in [6.45, 7) is 3.46. The van der Waals surface area contributed by atoms with E-state index >= 15 is 0 Å². The van der Waals surface area contributed by atoms with Crippen LogP contribution in [0.5, 0.6) is 0 Å². The van der Waals surface area contributed by atoms with E-state index in [1.165, 1.54) is 12.1 Å². The van der Waals surface area contributed by atoms with Crippen molar-refractivity contribution in [1.29, 1.82) is 5.26 Å². The number of aromatic nitrogens is 2. The van der Waals surface area contributed by atoms with Crippen LogP contribution in [0, 0.1) is 31.0 Å². The van der Waals surface area contributed by atoms with Gasteiger partial charge in [0.05, 0.1) is 28.6 Å². The second kappa shape index (κ2) is 6.09. The van der Waals surface area contributed by atoms with Crippen molar-refractivity contribution in [3.05, 3.63) is 58.2 Å². The van der Waals surface area contributed by atoms with Crippen LogP contribution in [-0.4, -0.2) is 16.1 Å². The van der Waals surface area contributed by atoms with Crippen LogP contribution in [0.25, 0.3) is 0 Å². The van der Waals surface area contributed by atoms with Crippen molar-refractivity contribution < 1.29 is 9.18 Å². The zero-order valence-corrected chi connectivity index (χ0v) is 11.6. The summed E-state index contributed by atoms with van der Waals surface area (Å²) in [5.41, 5.74) is 2.12. The summed E-state index contributed by atoms with van der Waals surface area (Å²) in [5, 5.41) is 19.0. The molecular weight excluding hydrogens is 271 g/mol. The lowest BCUT2D eigenvalue weighted by molar-refractivity contribution is 0.0949. The van der Waals surface area contributed by atoms with Gasteiger partial charge in [0.25, 0.3) is 5.91 Å². The summed E-state index contributed by atoms with van der Waals surface area (Å²) in [5.74, 6) is -0.857. The molecule has 6 heteroatoms. The van der Waals surface area contributed by atoms with Crippen LogP contribution in [0.1, 0.15) is 32.9 Å². The topological polar surface area (TPSA) is 78.7 Å². The van der Waals surface area contributed by atoms with E-state index in [9.17, 15) is 9.18 Å². The smallest absolute Gasteiger partial charge is 0.253 e. The van der Waals surface area contributed by atoms with E-state index in [-0.39, 0.29) is 18.0 Å². The molecule has 0 saturated heterocycles. The Kier molecular flexibility index (Phi) is 4.24. The molecule has 0 aliphatic heterocycles. The lowest BCUT2D eigenvalue weighted by Gasteiger charge is -2.08. The molecule has 0 bridgehead atoms. The van der Waals surface area contributed by atoms with Crippen LogP contribution in [0.4, 0.5) is 4.39 Å². The van der Waals surface area contributed by atoms with Gasteiger partial charge in [0.1, 0.15) is 5.82 Å². The molecule has 106 valence electrons. The Bertz CT molecular complexity index is 737. The molecular formula is C15H13FN4O. The second-order valence-electron chi connectivity index (χ2n) is 4.59. The molecule has 0 fully saturated rings. The van der Waals surface area contributed by atoms with Crippen LogP contribution in [0.15, 0.2) is 24.3 Å². The maximum absolute atomic E-state index is 13.7. The van der Waals surface area contributed by atoms with E-state index in [0.29, 0.717) is 22.5 Å². The summed E-state index contributed by atoms with van der Waals surface area (Å²) in [6, 6.07) is 7.62. The number of hydrogen-bond donors (Lipinski definition) is 1. The van der Waals surface area contributed by atoms with Crippen molar-refractivity contribution in [3.63, 3.8) is 0 Å². The minimum atomic E-state index is -0.518. The number of benzene rings is 1. The maximum Gasteiger partial charge on any atom is 0.253 e. The fourth-order valence-corrected chi connectivity index (χ4v) is 1.81. The number of halogens is 1. The van der Waals surface area contributed by atoms with Gasteiger partial charge in [0.2, 0.25) is 0 Å².